The molecule has 2 aromatic rings. The SMILES string of the molecule is CN(Cc1c(F)cccc1Cl)C(=O)C1(n2cccn2)CCNCC1.Cl. The van der Waals surface area contributed by atoms with Crippen LogP contribution in [0.4, 0.5) is 4.39 Å². The summed E-state index contributed by atoms with van der Waals surface area (Å²) in [5.74, 6) is -0.479. The Morgan fingerprint density at radius 1 is 1.40 bits per heavy atom. The predicted octanol–water partition coefficient (Wildman–Crippen LogP) is 2.83. The van der Waals surface area contributed by atoms with Gasteiger partial charge in [0.1, 0.15) is 11.4 Å². The molecule has 1 aromatic heterocycles. The van der Waals surface area contributed by atoms with Gasteiger partial charge in [0.2, 0.25) is 0 Å². The highest BCUT2D eigenvalue weighted by Gasteiger charge is 2.43. The molecule has 136 valence electrons. The van der Waals surface area contributed by atoms with Gasteiger partial charge in [-0.2, -0.15) is 5.10 Å². The van der Waals surface area contributed by atoms with E-state index >= 15 is 0 Å². The minimum absolute atomic E-state index is 0. The summed E-state index contributed by atoms with van der Waals surface area (Å²) < 4.78 is 15.8. The van der Waals surface area contributed by atoms with Crippen molar-refractivity contribution in [3.05, 3.63) is 53.1 Å². The Kier molecular flexibility index (Phi) is 6.43. The monoisotopic (exact) mass is 386 g/mol. The number of nitrogens with one attached hydrogen (secondary N) is 1. The Morgan fingerprint density at radius 2 is 2.12 bits per heavy atom. The maximum Gasteiger partial charge on any atom is 0.250 e. The van der Waals surface area contributed by atoms with E-state index in [1.54, 1.807) is 30.1 Å². The average molecular weight is 387 g/mol. The van der Waals surface area contributed by atoms with Gasteiger partial charge in [0.15, 0.2) is 0 Å². The first kappa shape index (κ1) is 19.7. The molecule has 1 N–H and O–H groups in total. The summed E-state index contributed by atoms with van der Waals surface area (Å²) in [5.41, 5.74) is -0.402. The molecular weight excluding hydrogens is 366 g/mol. The van der Waals surface area contributed by atoms with Crippen molar-refractivity contribution in [3.63, 3.8) is 0 Å². The molecule has 1 saturated heterocycles. The number of benzene rings is 1. The van der Waals surface area contributed by atoms with E-state index in [0.29, 0.717) is 23.4 Å². The van der Waals surface area contributed by atoms with Crippen LogP contribution in [0.1, 0.15) is 18.4 Å². The van der Waals surface area contributed by atoms with Crippen molar-refractivity contribution in [2.24, 2.45) is 0 Å². The van der Waals surface area contributed by atoms with E-state index in [1.807, 2.05) is 12.3 Å². The number of nitrogens with zero attached hydrogens (tertiary/aromatic N) is 3. The maximum absolute atomic E-state index is 14.0. The summed E-state index contributed by atoms with van der Waals surface area (Å²) in [7, 11) is 1.68. The van der Waals surface area contributed by atoms with Crippen molar-refractivity contribution in [3.8, 4) is 0 Å². The van der Waals surface area contributed by atoms with Crippen LogP contribution in [0.25, 0.3) is 0 Å². The molecule has 0 radical (unpaired) electrons. The second kappa shape index (κ2) is 8.17. The topological polar surface area (TPSA) is 50.2 Å². The van der Waals surface area contributed by atoms with Crippen LogP contribution in [0.3, 0.4) is 0 Å². The summed E-state index contributed by atoms with van der Waals surface area (Å²) in [6.45, 7) is 1.60. The Morgan fingerprint density at radius 3 is 2.72 bits per heavy atom. The number of carbonyl (C=O) groups excluding carboxylic acids is 1. The average Bonchev–Trinajstić information content (AvgIpc) is 3.13. The first-order chi connectivity index (χ1) is 11.5. The molecule has 0 atom stereocenters. The van der Waals surface area contributed by atoms with Crippen molar-refractivity contribution >= 4 is 29.9 Å². The Balaban J connectivity index is 0.00000225. The molecule has 0 unspecified atom stereocenters. The molecule has 2 heterocycles. The van der Waals surface area contributed by atoms with Gasteiger partial charge in [-0.3, -0.25) is 9.48 Å². The zero-order valence-corrected chi connectivity index (χ0v) is 15.5. The molecule has 0 aliphatic carbocycles. The van der Waals surface area contributed by atoms with Gasteiger partial charge in [-0.05, 0) is 44.1 Å². The number of likely N-dealkylation sites (N-methyl/N-ethyl adjacent to an activating group) is 1. The minimum Gasteiger partial charge on any atom is -0.339 e. The summed E-state index contributed by atoms with van der Waals surface area (Å²) in [5, 5.41) is 7.90. The van der Waals surface area contributed by atoms with Crippen molar-refractivity contribution in [2.75, 3.05) is 20.1 Å². The second-order valence-electron chi connectivity index (χ2n) is 6.09. The van der Waals surface area contributed by atoms with E-state index in [0.717, 1.165) is 13.1 Å². The fraction of sp³-hybridized carbons (Fsp3) is 0.412. The van der Waals surface area contributed by atoms with Crippen LogP contribution in [0.15, 0.2) is 36.7 Å². The molecule has 25 heavy (non-hydrogen) atoms. The lowest BCUT2D eigenvalue weighted by molar-refractivity contribution is -0.142. The fourth-order valence-corrected chi connectivity index (χ4v) is 3.47. The Bertz CT molecular complexity index is 697. The Labute approximate surface area is 157 Å². The third-order valence-electron chi connectivity index (χ3n) is 4.58. The largest absolute Gasteiger partial charge is 0.339 e. The highest BCUT2D eigenvalue weighted by atomic mass is 35.5. The Hall–Kier alpha value is -1.63. The predicted molar refractivity (Wildman–Crippen MR) is 97.4 cm³/mol. The molecule has 0 spiro atoms. The number of rotatable bonds is 4. The molecule has 5 nitrogen and oxygen atoms in total. The second-order valence-corrected chi connectivity index (χ2v) is 6.50. The van der Waals surface area contributed by atoms with Crippen molar-refractivity contribution < 1.29 is 9.18 Å². The van der Waals surface area contributed by atoms with E-state index in [9.17, 15) is 9.18 Å². The first-order valence-corrected chi connectivity index (χ1v) is 8.32. The van der Waals surface area contributed by atoms with Crippen molar-refractivity contribution in [2.45, 2.75) is 24.9 Å². The van der Waals surface area contributed by atoms with Crippen LogP contribution in [0.2, 0.25) is 5.02 Å². The molecule has 0 saturated carbocycles. The minimum atomic E-state index is -0.735. The third kappa shape index (κ3) is 3.81. The number of aromatic nitrogens is 2. The first-order valence-electron chi connectivity index (χ1n) is 7.94. The van der Waals surface area contributed by atoms with E-state index in [4.69, 9.17) is 11.6 Å². The molecule has 1 aliphatic heterocycles. The number of amides is 1. The van der Waals surface area contributed by atoms with Gasteiger partial charge >= 0.3 is 0 Å². The van der Waals surface area contributed by atoms with E-state index in [-0.39, 0.29) is 24.9 Å². The van der Waals surface area contributed by atoms with Crippen LogP contribution in [0.5, 0.6) is 0 Å². The molecule has 3 rings (SSSR count). The zero-order valence-electron chi connectivity index (χ0n) is 13.9. The quantitative estimate of drug-likeness (QED) is 0.878. The zero-order chi connectivity index (χ0) is 17.2. The van der Waals surface area contributed by atoms with Crippen molar-refractivity contribution in [1.29, 1.82) is 0 Å². The highest BCUT2D eigenvalue weighted by Crippen LogP contribution is 2.30. The highest BCUT2D eigenvalue weighted by molar-refractivity contribution is 6.31. The summed E-state index contributed by atoms with van der Waals surface area (Å²) in [4.78, 5) is 14.8. The van der Waals surface area contributed by atoms with Gasteiger partial charge in [-0.15, -0.1) is 12.4 Å². The number of hydrogen-bond acceptors (Lipinski definition) is 3. The van der Waals surface area contributed by atoms with Crippen LogP contribution >= 0.6 is 24.0 Å². The van der Waals surface area contributed by atoms with E-state index in [2.05, 4.69) is 10.4 Å². The van der Waals surface area contributed by atoms with Crippen molar-refractivity contribution in [1.82, 2.24) is 20.0 Å². The molecule has 1 aromatic carbocycles. The van der Waals surface area contributed by atoms with Gasteiger partial charge in [-0.1, -0.05) is 17.7 Å². The van der Waals surface area contributed by atoms with E-state index in [1.165, 1.54) is 11.0 Å². The lowest BCUT2D eigenvalue weighted by atomic mass is 9.86. The fourth-order valence-electron chi connectivity index (χ4n) is 3.25. The van der Waals surface area contributed by atoms with Crippen LogP contribution in [-0.2, 0) is 16.9 Å². The van der Waals surface area contributed by atoms with Gasteiger partial charge in [0, 0.05) is 36.6 Å². The van der Waals surface area contributed by atoms with Gasteiger partial charge in [0.25, 0.3) is 5.91 Å². The summed E-state index contributed by atoms with van der Waals surface area (Å²) >= 11 is 6.09. The lowest BCUT2D eigenvalue weighted by Crippen LogP contribution is -2.54. The smallest absolute Gasteiger partial charge is 0.250 e. The molecule has 0 bridgehead atoms. The van der Waals surface area contributed by atoms with Crippen LogP contribution in [-0.4, -0.2) is 40.7 Å². The molecular formula is C17H21Cl2FN4O. The standard InChI is InChI=1S/C17H20ClFN4O.ClH/c1-22(12-13-14(18)4-2-5-15(13)19)16(24)17(6-9-20-10-7-17)23-11-3-8-21-23;/h2-5,8,11,20H,6-7,9-10,12H2,1H3;1H. The normalized spacial score (nSPS) is 16.1. The number of piperidine rings is 1. The van der Waals surface area contributed by atoms with Gasteiger partial charge in [0.05, 0.1) is 0 Å². The van der Waals surface area contributed by atoms with Crippen LogP contribution < -0.4 is 5.32 Å². The van der Waals surface area contributed by atoms with E-state index < -0.39 is 11.4 Å². The molecule has 8 heteroatoms. The lowest BCUT2D eigenvalue weighted by Gasteiger charge is -2.39. The number of halogens is 3. The summed E-state index contributed by atoms with van der Waals surface area (Å²) in [6.07, 6.45) is 4.77. The van der Waals surface area contributed by atoms with Gasteiger partial charge in [-0.25, -0.2) is 4.39 Å². The molecule has 1 aliphatic rings. The van der Waals surface area contributed by atoms with Crippen LogP contribution in [0, 0.1) is 5.82 Å². The number of carbonyl (C=O) groups is 1. The third-order valence-corrected chi connectivity index (χ3v) is 4.93. The summed E-state index contributed by atoms with van der Waals surface area (Å²) in [6, 6.07) is 6.35. The van der Waals surface area contributed by atoms with Gasteiger partial charge < -0.3 is 10.2 Å². The molecule has 1 amide bonds. The number of hydrogen-bond donors (Lipinski definition) is 1. The maximum atomic E-state index is 14.0. The molecule has 1 fully saturated rings.